The summed E-state index contributed by atoms with van der Waals surface area (Å²) in [6.07, 6.45) is 1.38. The Hall–Kier alpha value is -2.39. The maximum absolute atomic E-state index is 11.0. The molecule has 0 amide bonds. The van der Waals surface area contributed by atoms with Crippen LogP contribution in [0.5, 0.6) is 0 Å². The molecular weight excluding hydrogens is 333 g/mol. The number of nitrogens with zero attached hydrogens (tertiary/aromatic N) is 4. The summed E-state index contributed by atoms with van der Waals surface area (Å²) in [6, 6.07) is 1.46. The summed E-state index contributed by atoms with van der Waals surface area (Å²) in [5, 5.41) is 11.2. The zero-order valence-corrected chi connectivity index (χ0v) is 12.5. The van der Waals surface area contributed by atoms with Crippen LogP contribution in [-0.4, -0.2) is 26.4 Å². The Morgan fingerprint density at radius 1 is 1.18 bits per heavy atom. The first-order valence-corrected chi connectivity index (χ1v) is 6.67. The van der Waals surface area contributed by atoms with Gasteiger partial charge in [-0.05, 0) is 6.07 Å². The van der Waals surface area contributed by atoms with Gasteiger partial charge in [0.1, 0.15) is 16.8 Å². The molecule has 0 radical (unpaired) electrons. The average Bonchev–Trinajstić information content (AvgIpc) is 2.36. The number of nitrogen functional groups attached to an aromatic ring is 3. The van der Waals surface area contributed by atoms with Gasteiger partial charge in [0.05, 0.1) is 11.5 Å². The summed E-state index contributed by atoms with van der Waals surface area (Å²) in [6.45, 7) is -0.563. The monoisotopic (exact) mass is 343 g/mol. The van der Waals surface area contributed by atoms with Crippen molar-refractivity contribution in [2.75, 3.05) is 23.7 Å². The van der Waals surface area contributed by atoms with Crippen LogP contribution in [0, 0.1) is 10.1 Å². The van der Waals surface area contributed by atoms with Gasteiger partial charge in [0.2, 0.25) is 12.5 Å². The number of aromatic nitrogens is 3. The van der Waals surface area contributed by atoms with E-state index in [1.165, 1.54) is 12.3 Å². The van der Waals surface area contributed by atoms with Gasteiger partial charge >= 0.3 is 0 Å². The lowest BCUT2D eigenvalue weighted by atomic mass is 9.92. The van der Waals surface area contributed by atoms with E-state index in [1.54, 1.807) is 0 Å². The van der Waals surface area contributed by atoms with Crippen LogP contribution in [0.4, 0.5) is 17.6 Å². The molecule has 2 rings (SSSR count). The van der Waals surface area contributed by atoms with Gasteiger partial charge in [-0.25, -0.2) is 4.98 Å². The van der Waals surface area contributed by atoms with Gasteiger partial charge in [-0.3, -0.25) is 10.1 Å². The van der Waals surface area contributed by atoms with E-state index in [1.807, 2.05) is 0 Å². The van der Waals surface area contributed by atoms with Crippen LogP contribution in [0.3, 0.4) is 0 Å². The quantitative estimate of drug-likeness (QED) is 0.425. The molecular formula is C11H11Cl2N7O2. The highest BCUT2D eigenvalue weighted by molar-refractivity contribution is 6.35. The van der Waals surface area contributed by atoms with Crippen molar-refractivity contribution in [3.8, 4) is 0 Å². The number of pyridine rings is 1. The molecule has 2 aromatic heterocycles. The van der Waals surface area contributed by atoms with E-state index in [9.17, 15) is 10.1 Å². The second-order valence-corrected chi connectivity index (χ2v) is 5.10. The summed E-state index contributed by atoms with van der Waals surface area (Å²) in [4.78, 5) is 21.9. The third-order valence-electron chi connectivity index (χ3n) is 2.94. The Morgan fingerprint density at radius 2 is 1.77 bits per heavy atom. The van der Waals surface area contributed by atoms with Crippen LogP contribution >= 0.6 is 23.2 Å². The molecule has 0 aliphatic heterocycles. The lowest BCUT2D eigenvalue weighted by Crippen LogP contribution is -2.20. The second-order valence-electron chi connectivity index (χ2n) is 4.33. The van der Waals surface area contributed by atoms with Crippen molar-refractivity contribution in [3.05, 3.63) is 43.7 Å². The van der Waals surface area contributed by atoms with Crippen LogP contribution in [-0.2, 0) is 0 Å². The fraction of sp³-hybridized carbons (Fsp3) is 0.182. The number of halogens is 2. The van der Waals surface area contributed by atoms with Gasteiger partial charge in [0.25, 0.3) is 0 Å². The topological polar surface area (TPSA) is 160 Å². The normalized spacial score (nSPS) is 12.1. The fourth-order valence-electron chi connectivity index (χ4n) is 2.09. The molecule has 0 fully saturated rings. The van der Waals surface area contributed by atoms with E-state index in [2.05, 4.69) is 15.0 Å². The summed E-state index contributed by atoms with van der Waals surface area (Å²) in [5.74, 6) is -1.24. The smallest absolute Gasteiger partial charge is 0.223 e. The minimum absolute atomic E-state index is 0.00924. The number of hydrogen-bond donors (Lipinski definition) is 3. The largest absolute Gasteiger partial charge is 0.383 e. The summed E-state index contributed by atoms with van der Waals surface area (Å²) < 4.78 is 0. The molecule has 0 saturated heterocycles. The highest BCUT2D eigenvalue weighted by Gasteiger charge is 2.30. The third-order valence-corrected chi connectivity index (χ3v) is 3.57. The molecule has 11 heteroatoms. The number of nitrogens with two attached hydrogens (primary N) is 3. The van der Waals surface area contributed by atoms with Crippen molar-refractivity contribution in [3.63, 3.8) is 0 Å². The molecule has 2 heterocycles. The Balaban J connectivity index is 2.69. The maximum atomic E-state index is 11.0. The summed E-state index contributed by atoms with van der Waals surface area (Å²) >= 11 is 12.1. The molecule has 22 heavy (non-hydrogen) atoms. The van der Waals surface area contributed by atoms with Gasteiger partial charge in [-0.15, -0.1) is 0 Å². The minimum atomic E-state index is -0.954. The summed E-state index contributed by atoms with van der Waals surface area (Å²) in [7, 11) is 0. The highest BCUT2D eigenvalue weighted by Crippen LogP contribution is 2.38. The fourth-order valence-corrected chi connectivity index (χ4v) is 2.71. The Kier molecular flexibility index (Phi) is 4.48. The number of rotatable bonds is 4. The molecule has 1 unspecified atom stereocenters. The van der Waals surface area contributed by atoms with Gasteiger partial charge in [-0.1, -0.05) is 23.2 Å². The molecule has 0 spiro atoms. The van der Waals surface area contributed by atoms with Crippen molar-refractivity contribution < 1.29 is 4.92 Å². The molecule has 116 valence electrons. The predicted molar refractivity (Wildman–Crippen MR) is 83.2 cm³/mol. The lowest BCUT2D eigenvalue weighted by molar-refractivity contribution is -0.481. The van der Waals surface area contributed by atoms with E-state index >= 15 is 0 Å². The first kappa shape index (κ1) is 16.0. The Labute approximate surface area is 134 Å². The second kappa shape index (κ2) is 6.16. The van der Waals surface area contributed by atoms with Gasteiger partial charge < -0.3 is 17.2 Å². The number of hydrogen-bond acceptors (Lipinski definition) is 8. The highest BCUT2D eigenvalue weighted by atomic mass is 35.5. The van der Waals surface area contributed by atoms with Crippen LogP contribution in [0.1, 0.15) is 17.0 Å². The van der Waals surface area contributed by atoms with Gasteiger partial charge in [-0.2, -0.15) is 9.97 Å². The molecule has 9 nitrogen and oxygen atoms in total. The standard InChI is InChI=1S/C11H11Cl2N7O2/c12-5-1-2-17-8(13)6(5)4(3-20(21)22)7-9(14)18-11(16)19-10(7)15/h1-2,4H,3H2,(H6,14,15,16,18,19). The molecule has 1 atom stereocenters. The minimum Gasteiger partial charge on any atom is -0.383 e. The SMILES string of the molecule is Nc1nc(N)c(C(C[N+](=O)[O-])c2c(Cl)ccnc2Cl)c(N)n1. The van der Waals surface area contributed by atoms with Crippen LogP contribution in [0.25, 0.3) is 0 Å². The predicted octanol–water partition coefficient (Wildman–Crippen LogP) is 1.33. The molecule has 0 bridgehead atoms. The van der Waals surface area contributed by atoms with E-state index in [0.29, 0.717) is 0 Å². The van der Waals surface area contributed by atoms with Gasteiger partial charge in [0.15, 0.2) is 0 Å². The average molecular weight is 344 g/mol. The van der Waals surface area contributed by atoms with Crippen LogP contribution in [0.15, 0.2) is 12.3 Å². The van der Waals surface area contributed by atoms with Crippen molar-refractivity contribution in [1.82, 2.24) is 15.0 Å². The third kappa shape index (κ3) is 3.10. The zero-order chi connectivity index (χ0) is 16.4. The first-order valence-electron chi connectivity index (χ1n) is 5.91. The van der Waals surface area contributed by atoms with Crippen molar-refractivity contribution >= 4 is 40.8 Å². The van der Waals surface area contributed by atoms with Gasteiger partial charge in [0, 0.05) is 21.7 Å². The van der Waals surface area contributed by atoms with Crippen LogP contribution in [0.2, 0.25) is 10.2 Å². The first-order chi connectivity index (χ1) is 10.3. The Bertz CT molecular complexity index is 697. The van der Waals surface area contributed by atoms with Crippen molar-refractivity contribution in [2.45, 2.75) is 5.92 Å². The molecule has 0 aromatic carbocycles. The van der Waals surface area contributed by atoms with E-state index in [0.717, 1.165) is 0 Å². The molecule has 0 saturated carbocycles. The lowest BCUT2D eigenvalue weighted by Gasteiger charge is -2.18. The molecule has 0 aliphatic rings. The molecule has 0 aliphatic carbocycles. The molecule has 6 N–H and O–H groups in total. The van der Waals surface area contributed by atoms with E-state index < -0.39 is 17.4 Å². The number of anilines is 3. The summed E-state index contributed by atoms with van der Waals surface area (Å²) in [5.41, 5.74) is 17.4. The Morgan fingerprint density at radius 3 is 2.27 bits per heavy atom. The van der Waals surface area contributed by atoms with Crippen LogP contribution < -0.4 is 17.2 Å². The van der Waals surface area contributed by atoms with Crippen molar-refractivity contribution in [2.24, 2.45) is 0 Å². The van der Waals surface area contributed by atoms with E-state index in [4.69, 9.17) is 40.4 Å². The zero-order valence-electron chi connectivity index (χ0n) is 11.0. The maximum Gasteiger partial charge on any atom is 0.223 e. The number of nitro groups is 1. The molecule has 2 aromatic rings. The van der Waals surface area contributed by atoms with E-state index in [-0.39, 0.29) is 38.9 Å². The van der Waals surface area contributed by atoms with Crippen molar-refractivity contribution in [1.29, 1.82) is 0 Å².